The van der Waals surface area contributed by atoms with E-state index in [0.29, 0.717) is 17.3 Å². The van der Waals surface area contributed by atoms with Gasteiger partial charge in [-0.15, -0.1) is 0 Å². The number of pyridine rings is 2. The second kappa shape index (κ2) is 11.6. The zero-order chi connectivity index (χ0) is 26.4. The van der Waals surface area contributed by atoms with Gasteiger partial charge in [0.15, 0.2) is 0 Å². The fourth-order valence-electron chi connectivity index (χ4n) is 4.37. The van der Waals surface area contributed by atoms with E-state index >= 15 is 0 Å². The van der Waals surface area contributed by atoms with Crippen LogP contribution in [0.3, 0.4) is 0 Å². The standard InChI is InChI=1S/C27H28F2N6.C2H6/c1-18-6-8-20(16-30-18)24-14-25(34-26(33-24)35-10-4-3-5-11-35)32-22-13-21-12-19(15-27(2,28)29)7-9-23(21)31-17-22;1-2/h6-9,12-14,16-17H,3-5,10-11,15H2,1-2H3,(H,32,33,34);1-2H3. The maximum atomic E-state index is 13.5. The van der Waals surface area contributed by atoms with Gasteiger partial charge in [-0.1, -0.05) is 19.9 Å². The van der Waals surface area contributed by atoms with Gasteiger partial charge in [0.1, 0.15) is 5.82 Å². The van der Waals surface area contributed by atoms with Crippen molar-refractivity contribution in [3.8, 4) is 11.3 Å². The summed E-state index contributed by atoms with van der Waals surface area (Å²) in [6.45, 7) is 8.74. The second-order valence-electron chi connectivity index (χ2n) is 9.30. The summed E-state index contributed by atoms with van der Waals surface area (Å²) in [5, 5.41) is 4.15. The van der Waals surface area contributed by atoms with E-state index in [1.54, 1.807) is 24.4 Å². The van der Waals surface area contributed by atoms with Crippen molar-refractivity contribution in [3.05, 3.63) is 66.1 Å². The Morgan fingerprint density at radius 3 is 2.41 bits per heavy atom. The third kappa shape index (κ3) is 6.96. The minimum Gasteiger partial charge on any atom is -0.341 e. The monoisotopic (exact) mass is 504 g/mol. The lowest BCUT2D eigenvalue weighted by Crippen LogP contribution is -2.31. The summed E-state index contributed by atoms with van der Waals surface area (Å²) >= 11 is 0. The van der Waals surface area contributed by atoms with Crippen LogP contribution in [0.15, 0.2) is 54.9 Å². The first-order chi connectivity index (χ1) is 17.8. The highest BCUT2D eigenvalue weighted by atomic mass is 19.3. The predicted octanol–water partition coefficient (Wildman–Crippen LogP) is 7.35. The van der Waals surface area contributed by atoms with Crippen LogP contribution in [0.5, 0.6) is 0 Å². The van der Waals surface area contributed by atoms with E-state index in [-0.39, 0.29) is 6.42 Å². The molecular formula is C29H34F2N6. The molecule has 3 aromatic heterocycles. The lowest BCUT2D eigenvalue weighted by atomic mass is 10.1. The number of hydrogen-bond acceptors (Lipinski definition) is 6. The molecule has 1 aliphatic rings. The van der Waals surface area contributed by atoms with Gasteiger partial charge < -0.3 is 10.2 Å². The summed E-state index contributed by atoms with van der Waals surface area (Å²) in [4.78, 5) is 20.8. The van der Waals surface area contributed by atoms with Crippen LogP contribution in [0.2, 0.25) is 0 Å². The van der Waals surface area contributed by atoms with Crippen molar-refractivity contribution in [1.82, 2.24) is 19.9 Å². The summed E-state index contributed by atoms with van der Waals surface area (Å²) in [6, 6.07) is 13.0. The summed E-state index contributed by atoms with van der Waals surface area (Å²) in [6.07, 6.45) is 6.71. The molecule has 1 fully saturated rings. The number of nitrogens with one attached hydrogen (secondary N) is 1. The number of nitrogens with zero attached hydrogens (tertiary/aromatic N) is 5. The highest BCUT2D eigenvalue weighted by Crippen LogP contribution is 2.28. The first kappa shape index (κ1) is 26.4. The topological polar surface area (TPSA) is 66.8 Å². The Morgan fingerprint density at radius 1 is 0.919 bits per heavy atom. The molecule has 0 amide bonds. The van der Waals surface area contributed by atoms with E-state index in [1.807, 2.05) is 51.2 Å². The molecule has 0 atom stereocenters. The van der Waals surface area contributed by atoms with Crippen molar-refractivity contribution in [3.63, 3.8) is 0 Å². The van der Waals surface area contributed by atoms with E-state index in [9.17, 15) is 8.78 Å². The minimum atomic E-state index is -2.76. The van der Waals surface area contributed by atoms with Crippen molar-refractivity contribution in [2.75, 3.05) is 23.3 Å². The smallest absolute Gasteiger partial charge is 0.249 e. The fraction of sp³-hybridized carbons (Fsp3) is 0.379. The summed E-state index contributed by atoms with van der Waals surface area (Å²) < 4.78 is 27.0. The van der Waals surface area contributed by atoms with Gasteiger partial charge in [-0.25, -0.2) is 13.8 Å². The number of benzene rings is 1. The zero-order valence-corrected chi connectivity index (χ0v) is 21.9. The number of aromatic nitrogens is 4. The SMILES string of the molecule is CC.Cc1ccc(-c2cc(Nc3cnc4ccc(CC(C)(F)F)cc4c3)nc(N3CCCCC3)n2)cn1. The van der Waals surface area contributed by atoms with Gasteiger partial charge in [-0.3, -0.25) is 9.97 Å². The molecule has 4 heterocycles. The zero-order valence-electron chi connectivity index (χ0n) is 21.9. The van der Waals surface area contributed by atoms with Crippen LogP contribution in [0.1, 0.15) is 51.3 Å². The summed E-state index contributed by atoms with van der Waals surface area (Å²) in [5.74, 6) is -1.43. The molecule has 5 rings (SSSR count). The average Bonchev–Trinajstić information content (AvgIpc) is 2.89. The van der Waals surface area contributed by atoms with Crippen molar-refractivity contribution in [2.45, 2.75) is 59.3 Å². The molecule has 1 aliphatic heterocycles. The number of halogens is 2. The molecule has 4 aromatic rings. The Labute approximate surface area is 217 Å². The largest absolute Gasteiger partial charge is 0.341 e. The van der Waals surface area contributed by atoms with Gasteiger partial charge in [0, 0.05) is 48.4 Å². The van der Waals surface area contributed by atoms with E-state index in [4.69, 9.17) is 9.97 Å². The molecule has 0 aliphatic carbocycles. The van der Waals surface area contributed by atoms with Gasteiger partial charge in [-0.2, -0.15) is 4.98 Å². The van der Waals surface area contributed by atoms with Crippen LogP contribution in [0.25, 0.3) is 22.2 Å². The number of rotatable bonds is 6. The molecule has 8 heteroatoms. The number of aryl methyl sites for hydroxylation is 1. The van der Waals surface area contributed by atoms with E-state index < -0.39 is 5.92 Å². The minimum absolute atomic E-state index is 0.306. The second-order valence-corrected chi connectivity index (χ2v) is 9.30. The van der Waals surface area contributed by atoms with Gasteiger partial charge >= 0.3 is 0 Å². The molecule has 37 heavy (non-hydrogen) atoms. The third-order valence-corrected chi connectivity index (χ3v) is 6.09. The molecule has 0 saturated carbocycles. The Balaban J connectivity index is 0.00000156. The van der Waals surface area contributed by atoms with Gasteiger partial charge in [0.2, 0.25) is 11.9 Å². The van der Waals surface area contributed by atoms with Crippen molar-refractivity contribution in [1.29, 1.82) is 0 Å². The van der Waals surface area contributed by atoms with Gasteiger partial charge in [0.25, 0.3) is 0 Å². The highest BCUT2D eigenvalue weighted by Gasteiger charge is 2.21. The number of fused-ring (bicyclic) bond motifs is 1. The Hall–Kier alpha value is -3.68. The van der Waals surface area contributed by atoms with Crippen LogP contribution in [-0.2, 0) is 6.42 Å². The summed E-state index contributed by atoms with van der Waals surface area (Å²) in [5.41, 5.74) is 4.71. The molecule has 0 radical (unpaired) electrons. The van der Waals surface area contributed by atoms with Crippen molar-refractivity contribution < 1.29 is 8.78 Å². The Bertz CT molecular complexity index is 1330. The molecule has 0 spiro atoms. The van der Waals surface area contributed by atoms with Gasteiger partial charge in [0.05, 0.1) is 23.1 Å². The van der Waals surface area contributed by atoms with Gasteiger partial charge in [-0.05, 0) is 69.0 Å². The number of hydrogen-bond donors (Lipinski definition) is 1. The normalized spacial score (nSPS) is 13.7. The first-order valence-corrected chi connectivity index (χ1v) is 12.9. The fourth-order valence-corrected chi connectivity index (χ4v) is 4.37. The van der Waals surface area contributed by atoms with Crippen LogP contribution >= 0.6 is 0 Å². The molecule has 1 aromatic carbocycles. The number of alkyl halides is 2. The number of anilines is 3. The molecule has 0 bridgehead atoms. The van der Waals surface area contributed by atoms with Crippen LogP contribution in [-0.4, -0.2) is 38.9 Å². The quantitative estimate of drug-likeness (QED) is 0.296. The van der Waals surface area contributed by atoms with Crippen LogP contribution in [0.4, 0.5) is 26.2 Å². The Kier molecular flexibility index (Phi) is 8.26. The average molecular weight is 505 g/mol. The third-order valence-electron chi connectivity index (χ3n) is 6.09. The first-order valence-electron chi connectivity index (χ1n) is 12.9. The molecule has 1 saturated heterocycles. The molecule has 6 nitrogen and oxygen atoms in total. The molecule has 194 valence electrons. The maximum absolute atomic E-state index is 13.5. The Morgan fingerprint density at radius 2 is 1.70 bits per heavy atom. The summed E-state index contributed by atoms with van der Waals surface area (Å²) in [7, 11) is 0. The van der Waals surface area contributed by atoms with E-state index in [0.717, 1.165) is 66.4 Å². The highest BCUT2D eigenvalue weighted by molar-refractivity contribution is 5.83. The van der Waals surface area contributed by atoms with E-state index in [1.165, 1.54) is 6.42 Å². The lowest BCUT2D eigenvalue weighted by Gasteiger charge is -2.27. The number of piperidine rings is 1. The maximum Gasteiger partial charge on any atom is 0.249 e. The van der Waals surface area contributed by atoms with Crippen molar-refractivity contribution >= 4 is 28.4 Å². The van der Waals surface area contributed by atoms with Crippen LogP contribution in [0, 0.1) is 6.92 Å². The van der Waals surface area contributed by atoms with E-state index in [2.05, 4.69) is 20.2 Å². The van der Waals surface area contributed by atoms with Crippen molar-refractivity contribution in [2.24, 2.45) is 0 Å². The molecular weight excluding hydrogens is 470 g/mol. The molecule has 1 N–H and O–H groups in total. The predicted molar refractivity (Wildman–Crippen MR) is 147 cm³/mol. The molecule has 0 unspecified atom stereocenters. The lowest BCUT2D eigenvalue weighted by molar-refractivity contribution is 0.0226. The van der Waals surface area contributed by atoms with Crippen LogP contribution < -0.4 is 10.2 Å².